The number of rotatable bonds is 5. The van der Waals surface area contributed by atoms with Crippen LogP contribution in [0.3, 0.4) is 0 Å². The summed E-state index contributed by atoms with van der Waals surface area (Å²) >= 11 is 0. The summed E-state index contributed by atoms with van der Waals surface area (Å²) in [5.41, 5.74) is 0.446. The van der Waals surface area contributed by atoms with Crippen molar-refractivity contribution in [3.05, 3.63) is 101 Å². The van der Waals surface area contributed by atoms with Crippen LogP contribution >= 0.6 is 0 Å². The first-order chi connectivity index (χ1) is 13.0. The minimum Gasteiger partial charge on any atom is -0.333 e. The normalized spacial score (nSPS) is 11.8. The molecule has 0 amide bonds. The minimum absolute atomic E-state index is 0.00578. The molecular formula is C19H15N3O4S. The van der Waals surface area contributed by atoms with Crippen LogP contribution < -0.4 is 5.32 Å². The molecule has 0 bridgehead atoms. The number of nitro benzene ring substituents is 1. The molecule has 27 heavy (non-hydrogen) atoms. The first-order valence-electron chi connectivity index (χ1n) is 7.93. The highest BCUT2D eigenvalue weighted by Gasteiger charge is 2.18. The van der Waals surface area contributed by atoms with Crippen molar-refractivity contribution in [3.63, 3.8) is 0 Å². The Hall–Kier alpha value is -3.52. The number of nitrogens with one attached hydrogen (secondary N) is 1. The van der Waals surface area contributed by atoms with Crippen LogP contribution in [-0.4, -0.2) is 19.2 Å². The fourth-order valence-corrected chi connectivity index (χ4v) is 3.37. The topological polar surface area (TPSA) is 102 Å². The minimum atomic E-state index is -4.01. The second-order valence-corrected chi connectivity index (χ2v) is 7.10. The van der Waals surface area contributed by atoms with E-state index in [1.165, 1.54) is 30.3 Å². The summed E-state index contributed by atoms with van der Waals surface area (Å²) in [6.07, 6.45) is 0. The third-order valence-electron chi connectivity index (χ3n) is 3.65. The number of hydrogen-bond acceptors (Lipinski definition) is 4. The molecule has 7 nitrogen and oxygen atoms in total. The van der Waals surface area contributed by atoms with Gasteiger partial charge in [-0.1, -0.05) is 60.7 Å². The van der Waals surface area contributed by atoms with Gasteiger partial charge in [0.15, 0.2) is 5.84 Å². The van der Waals surface area contributed by atoms with Crippen molar-refractivity contribution in [1.82, 2.24) is 0 Å². The molecular weight excluding hydrogens is 366 g/mol. The largest absolute Gasteiger partial charge is 0.333 e. The fourth-order valence-electron chi connectivity index (χ4n) is 2.38. The Kier molecular flexibility index (Phi) is 5.28. The van der Waals surface area contributed by atoms with Gasteiger partial charge in [0, 0.05) is 11.6 Å². The fraction of sp³-hybridized carbons (Fsp3) is 0. The van der Waals surface area contributed by atoms with E-state index in [1.54, 1.807) is 54.6 Å². The summed E-state index contributed by atoms with van der Waals surface area (Å²) in [5.74, 6) is -0.00578. The molecule has 0 aromatic heterocycles. The van der Waals surface area contributed by atoms with Crippen molar-refractivity contribution in [2.75, 3.05) is 5.32 Å². The van der Waals surface area contributed by atoms with Gasteiger partial charge in [-0.15, -0.1) is 4.40 Å². The monoisotopic (exact) mass is 381 g/mol. The van der Waals surface area contributed by atoms with E-state index < -0.39 is 14.9 Å². The summed E-state index contributed by atoms with van der Waals surface area (Å²) in [6.45, 7) is 0. The highest BCUT2D eigenvalue weighted by molar-refractivity contribution is 7.90. The Balaban J connectivity index is 2.10. The van der Waals surface area contributed by atoms with Crippen molar-refractivity contribution in [3.8, 4) is 0 Å². The average molecular weight is 381 g/mol. The van der Waals surface area contributed by atoms with Gasteiger partial charge in [-0.3, -0.25) is 10.1 Å². The van der Waals surface area contributed by atoms with E-state index in [4.69, 9.17) is 0 Å². The number of para-hydroxylation sites is 2. The lowest BCUT2D eigenvalue weighted by molar-refractivity contribution is -0.383. The Morgan fingerprint density at radius 1 is 0.852 bits per heavy atom. The predicted molar refractivity (Wildman–Crippen MR) is 103 cm³/mol. The van der Waals surface area contributed by atoms with Crippen LogP contribution in [0.2, 0.25) is 0 Å². The van der Waals surface area contributed by atoms with E-state index in [1.807, 2.05) is 0 Å². The molecule has 1 N–H and O–H groups in total. The molecule has 3 aromatic carbocycles. The number of nitro groups is 1. The van der Waals surface area contributed by atoms with Crippen LogP contribution in [0.5, 0.6) is 0 Å². The maximum atomic E-state index is 12.7. The summed E-state index contributed by atoms with van der Waals surface area (Å²) in [4.78, 5) is 10.7. The van der Waals surface area contributed by atoms with Crippen LogP contribution in [0.1, 0.15) is 5.56 Å². The predicted octanol–water partition coefficient (Wildman–Crippen LogP) is 3.84. The number of sulfonamides is 1. The van der Waals surface area contributed by atoms with Crippen LogP contribution in [0, 0.1) is 10.1 Å². The molecule has 0 aliphatic carbocycles. The maximum absolute atomic E-state index is 12.7. The second kappa shape index (κ2) is 7.79. The molecule has 3 aromatic rings. The first kappa shape index (κ1) is 18.3. The van der Waals surface area contributed by atoms with Gasteiger partial charge in [0.25, 0.3) is 15.7 Å². The van der Waals surface area contributed by atoms with Gasteiger partial charge < -0.3 is 5.32 Å². The third kappa shape index (κ3) is 4.36. The molecule has 0 atom stereocenters. The van der Waals surface area contributed by atoms with E-state index in [0.29, 0.717) is 5.56 Å². The zero-order valence-electron chi connectivity index (χ0n) is 14.0. The van der Waals surface area contributed by atoms with Gasteiger partial charge in [0.2, 0.25) is 0 Å². The summed E-state index contributed by atoms with van der Waals surface area (Å²) in [7, 11) is -4.01. The Bertz CT molecular complexity index is 1080. The van der Waals surface area contributed by atoms with Crippen LogP contribution in [-0.2, 0) is 10.0 Å². The number of hydrogen-bond donors (Lipinski definition) is 1. The van der Waals surface area contributed by atoms with Crippen molar-refractivity contribution in [1.29, 1.82) is 0 Å². The molecule has 0 aliphatic rings. The molecule has 3 rings (SSSR count). The van der Waals surface area contributed by atoms with Crippen molar-refractivity contribution in [2.45, 2.75) is 4.90 Å². The highest BCUT2D eigenvalue weighted by atomic mass is 32.2. The zero-order chi connectivity index (χ0) is 19.3. The summed E-state index contributed by atoms with van der Waals surface area (Å²) in [5, 5.41) is 14.1. The van der Waals surface area contributed by atoms with Gasteiger partial charge in [0.1, 0.15) is 5.69 Å². The number of nitrogens with zero attached hydrogens (tertiary/aromatic N) is 2. The van der Waals surface area contributed by atoms with Crippen LogP contribution in [0.25, 0.3) is 0 Å². The van der Waals surface area contributed by atoms with E-state index in [-0.39, 0.29) is 22.1 Å². The molecule has 136 valence electrons. The maximum Gasteiger partial charge on any atom is 0.292 e. The molecule has 0 unspecified atom stereocenters. The third-order valence-corrected chi connectivity index (χ3v) is 4.94. The average Bonchev–Trinajstić information content (AvgIpc) is 2.69. The SMILES string of the molecule is O=[N+]([O-])c1ccccc1N/C(=N\S(=O)(=O)c1ccccc1)c1ccccc1. The lowest BCUT2D eigenvalue weighted by Crippen LogP contribution is -2.17. The van der Waals surface area contributed by atoms with Gasteiger partial charge >= 0.3 is 0 Å². The van der Waals surface area contributed by atoms with Crippen molar-refractivity contribution in [2.24, 2.45) is 4.40 Å². The number of anilines is 1. The van der Waals surface area contributed by atoms with Gasteiger partial charge in [0.05, 0.1) is 9.82 Å². The number of benzene rings is 3. The lowest BCUT2D eigenvalue weighted by atomic mass is 10.2. The smallest absolute Gasteiger partial charge is 0.292 e. The molecule has 0 saturated carbocycles. The van der Waals surface area contributed by atoms with Crippen LogP contribution in [0.15, 0.2) is 94.2 Å². The number of amidine groups is 1. The van der Waals surface area contributed by atoms with Gasteiger partial charge in [-0.2, -0.15) is 8.42 Å². The molecule has 0 spiro atoms. The summed E-state index contributed by atoms with van der Waals surface area (Å²) < 4.78 is 29.2. The first-order valence-corrected chi connectivity index (χ1v) is 9.37. The molecule has 0 aliphatic heterocycles. The van der Waals surface area contributed by atoms with Crippen molar-refractivity contribution >= 4 is 27.2 Å². The molecule has 8 heteroatoms. The Morgan fingerprint density at radius 3 is 2.04 bits per heavy atom. The Labute approximate surface area is 156 Å². The van der Waals surface area contributed by atoms with E-state index >= 15 is 0 Å². The standard InChI is InChI=1S/C19H15N3O4S/c23-22(24)18-14-8-7-13-17(18)20-19(15-9-3-1-4-10-15)21-27(25,26)16-11-5-2-6-12-16/h1-14H,(H,20,21). The second-order valence-electron chi connectivity index (χ2n) is 5.49. The van der Waals surface area contributed by atoms with E-state index in [0.717, 1.165) is 0 Å². The molecule has 0 heterocycles. The lowest BCUT2D eigenvalue weighted by Gasteiger charge is -2.11. The Morgan fingerprint density at radius 2 is 1.41 bits per heavy atom. The molecule has 0 saturated heterocycles. The van der Waals surface area contributed by atoms with E-state index in [9.17, 15) is 18.5 Å². The van der Waals surface area contributed by atoms with Gasteiger partial charge in [-0.25, -0.2) is 0 Å². The quantitative estimate of drug-likeness (QED) is 0.313. The summed E-state index contributed by atoms with van der Waals surface area (Å²) in [6, 6.07) is 22.3. The van der Waals surface area contributed by atoms with Crippen molar-refractivity contribution < 1.29 is 13.3 Å². The van der Waals surface area contributed by atoms with Crippen LogP contribution in [0.4, 0.5) is 11.4 Å². The van der Waals surface area contributed by atoms with E-state index in [2.05, 4.69) is 9.71 Å². The molecule has 0 radical (unpaired) electrons. The zero-order valence-corrected chi connectivity index (χ0v) is 14.8. The molecule has 0 fully saturated rings. The highest BCUT2D eigenvalue weighted by Crippen LogP contribution is 2.24. The van der Waals surface area contributed by atoms with Gasteiger partial charge in [-0.05, 0) is 18.2 Å².